The molecule has 0 saturated carbocycles. The maximum atomic E-state index is 10.3. The quantitative estimate of drug-likeness (QED) is 0.389. The van der Waals surface area contributed by atoms with Crippen molar-refractivity contribution in [2.75, 3.05) is 0 Å². The molecule has 144 valence electrons. The van der Waals surface area contributed by atoms with E-state index in [4.69, 9.17) is 0 Å². The van der Waals surface area contributed by atoms with Crippen molar-refractivity contribution in [1.82, 2.24) is 0 Å². The third-order valence-electron chi connectivity index (χ3n) is 5.22. The molecule has 2 nitrogen and oxygen atoms in total. The van der Waals surface area contributed by atoms with E-state index >= 15 is 0 Å². The molecule has 0 radical (unpaired) electrons. The summed E-state index contributed by atoms with van der Waals surface area (Å²) in [4.78, 5) is 0. The second kappa shape index (κ2) is 10.3. The molecule has 0 spiro atoms. The standard InChI is InChI=1S/C24H36O2/c1-16(2)10-8-11-17(3)12-9-13-18(4)14-15-22-20(6)19(5)21(7)23(25)24(22)26/h10,12,14,25-26H,8-9,11,13,15H2,1-7H3/b17-12+,18-14+. The highest BCUT2D eigenvalue weighted by Crippen LogP contribution is 2.38. The molecule has 2 heteroatoms. The first-order chi connectivity index (χ1) is 12.1. The summed E-state index contributed by atoms with van der Waals surface area (Å²) in [5.74, 6) is 0.0498. The molecule has 0 heterocycles. The van der Waals surface area contributed by atoms with E-state index in [1.807, 2.05) is 20.8 Å². The van der Waals surface area contributed by atoms with Gasteiger partial charge in [-0.3, -0.25) is 0 Å². The van der Waals surface area contributed by atoms with E-state index in [0.29, 0.717) is 6.42 Å². The van der Waals surface area contributed by atoms with E-state index in [9.17, 15) is 10.2 Å². The SMILES string of the molecule is CC(C)=CCC/C(C)=C/CC/C(C)=C/Cc1c(C)c(C)c(C)c(O)c1O. The third-order valence-corrected chi connectivity index (χ3v) is 5.22. The summed E-state index contributed by atoms with van der Waals surface area (Å²) in [5.41, 5.74) is 7.86. The Labute approximate surface area is 160 Å². The van der Waals surface area contributed by atoms with Gasteiger partial charge in [-0.1, -0.05) is 34.9 Å². The lowest BCUT2D eigenvalue weighted by Gasteiger charge is -2.15. The van der Waals surface area contributed by atoms with Crippen LogP contribution in [0.4, 0.5) is 0 Å². The zero-order valence-corrected chi connectivity index (χ0v) is 17.7. The predicted octanol–water partition coefficient (Wildman–Crippen LogP) is 6.98. The third kappa shape index (κ3) is 6.40. The van der Waals surface area contributed by atoms with Crippen molar-refractivity contribution in [2.24, 2.45) is 0 Å². The van der Waals surface area contributed by atoms with Crippen molar-refractivity contribution in [3.63, 3.8) is 0 Å². The minimum Gasteiger partial charge on any atom is -0.504 e. The lowest BCUT2D eigenvalue weighted by atomic mass is 9.94. The van der Waals surface area contributed by atoms with Crippen LogP contribution in [0.15, 0.2) is 34.9 Å². The topological polar surface area (TPSA) is 40.5 Å². The summed E-state index contributed by atoms with van der Waals surface area (Å²) in [6.07, 6.45) is 11.8. The van der Waals surface area contributed by atoms with Gasteiger partial charge in [0.2, 0.25) is 0 Å². The van der Waals surface area contributed by atoms with Crippen molar-refractivity contribution >= 4 is 0 Å². The zero-order valence-electron chi connectivity index (χ0n) is 17.7. The van der Waals surface area contributed by atoms with Crippen LogP contribution in [0.5, 0.6) is 11.5 Å². The molecular weight excluding hydrogens is 320 g/mol. The summed E-state index contributed by atoms with van der Waals surface area (Å²) in [6, 6.07) is 0. The average molecular weight is 357 g/mol. The molecule has 0 aliphatic heterocycles. The first kappa shape index (κ1) is 22.1. The van der Waals surface area contributed by atoms with Crippen molar-refractivity contribution in [1.29, 1.82) is 0 Å². The van der Waals surface area contributed by atoms with E-state index in [1.165, 1.54) is 16.7 Å². The molecule has 0 aliphatic rings. The molecule has 1 rings (SSSR count). The smallest absolute Gasteiger partial charge is 0.161 e. The average Bonchev–Trinajstić information content (AvgIpc) is 2.58. The second-order valence-corrected chi connectivity index (χ2v) is 7.71. The molecule has 26 heavy (non-hydrogen) atoms. The summed E-state index contributed by atoms with van der Waals surface area (Å²) >= 11 is 0. The summed E-state index contributed by atoms with van der Waals surface area (Å²) in [5, 5.41) is 20.4. The molecule has 0 aromatic heterocycles. The molecule has 0 bridgehead atoms. The largest absolute Gasteiger partial charge is 0.504 e. The van der Waals surface area contributed by atoms with Crippen LogP contribution >= 0.6 is 0 Å². The normalized spacial score (nSPS) is 12.4. The lowest BCUT2D eigenvalue weighted by Crippen LogP contribution is -1.96. The van der Waals surface area contributed by atoms with Crippen LogP contribution < -0.4 is 0 Å². The van der Waals surface area contributed by atoms with E-state index in [2.05, 4.69) is 45.9 Å². The van der Waals surface area contributed by atoms with Gasteiger partial charge < -0.3 is 10.2 Å². The molecule has 0 amide bonds. The minimum atomic E-state index is 0.0177. The molecule has 1 aromatic rings. The van der Waals surface area contributed by atoms with Gasteiger partial charge in [0, 0.05) is 5.56 Å². The van der Waals surface area contributed by atoms with Gasteiger partial charge in [-0.2, -0.15) is 0 Å². The van der Waals surface area contributed by atoms with Gasteiger partial charge in [-0.25, -0.2) is 0 Å². The van der Waals surface area contributed by atoms with Gasteiger partial charge in [-0.15, -0.1) is 0 Å². The number of aromatic hydroxyl groups is 2. The summed E-state index contributed by atoms with van der Waals surface area (Å²) in [6.45, 7) is 14.5. The Kier molecular flexibility index (Phi) is 8.71. The lowest BCUT2D eigenvalue weighted by molar-refractivity contribution is 0.396. The van der Waals surface area contributed by atoms with E-state index in [-0.39, 0.29) is 11.5 Å². The first-order valence-electron chi connectivity index (χ1n) is 9.60. The highest BCUT2D eigenvalue weighted by molar-refractivity contribution is 5.57. The van der Waals surface area contributed by atoms with Gasteiger partial charge in [-0.05, 0) is 97.3 Å². The first-order valence-corrected chi connectivity index (χ1v) is 9.60. The zero-order chi connectivity index (χ0) is 19.9. The molecule has 1 aromatic carbocycles. The Morgan fingerprint density at radius 2 is 1.23 bits per heavy atom. The maximum Gasteiger partial charge on any atom is 0.161 e. The monoisotopic (exact) mass is 356 g/mol. The molecule has 0 saturated heterocycles. The Morgan fingerprint density at radius 1 is 0.692 bits per heavy atom. The van der Waals surface area contributed by atoms with Gasteiger partial charge in [0.25, 0.3) is 0 Å². The fraction of sp³-hybridized carbons (Fsp3) is 0.500. The number of phenolic OH excluding ortho intramolecular Hbond substituents is 2. The fourth-order valence-electron chi connectivity index (χ4n) is 3.05. The van der Waals surface area contributed by atoms with Crippen LogP contribution in [0.2, 0.25) is 0 Å². The van der Waals surface area contributed by atoms with Crippen molar-refractivity contribution in [3.05, 3.63) is 57.2 Å². The second-order valence-electron chi connectivity index (χ2n) is 7.71. The highest BCUT2D eigenvalue weighted by Gasteiger charge is 2.15. The number of rotatable bonds is 8. The van der Waals surface area contributed by atoms with E-state index in [1.54, 1.807) is 0 Å². The molecule has 0 atom stereocenters. The van der Waals surface area contributed by atoms with Gasteiger partial charge in [0.15, 0.2) is 11.5 Å². The minimum absolute atomic E-state index is 0.0177. The van der Waals surface area contributed by atoms with Crippen LogP contribution in [0.25, 0.3) is 0 Å². The number of benzene rings is 1. The highest BCUT2D eigenvalue weighted by atomic mass is 16.3. The number of hydrogen-bond donors (Lipinski definition) is 2. The Hall–Kier alpha value is -1.96. The molecule has 0 fully saturated rings. The van der Waals surface area contributed by atoms with E-state index < -0.39 is 0 Å². The molecule has 0 unspecified atom stereocenters. The van der Waals surface area contributed by atoms with Crippen molar-refractivity contribution in [2.45, 2.75) is 80.6 Å². The Morgan fingerprint density at radius 3 is 1.81 bits per heavy atom. The Bertz CT molecular complexity index is 685. The Balaban J connectivity index is 2.66. The van der Waals surface area contributed by atoms with Gasteiger partial charge in [0.05, 0.1) is 0 Å². The van der Waals surface area contributed by atoms with Crippen LogP contribution in [0.3, 0.4) is 0 Å². The number of phenols is 2. The maximum absolute atomic E-state index is 10.3. The van der Waals surface area contributed by atoms with Crippen molar-refractivity contribution in [3.8, 4) is 11.5 Å². The van der Waals surface area contributed by atoms with Crippen LogP contribution in [-0.4, -0.2) is 10.2 Å². The van der Waals surface area contributed by atoms with Crippen LogP contribution in [0.1, 0.15) is 75.6 Å². The number of allylic oxidation sites excluding steroid dienone is 6. The summed E-state index contributed by atoms with van der Waals surface area (Å²) < 4.78 is 0. The fourth-order valence-corrected chi connectivity index (χ4v) is 3.05. The van der Waals surface area contributed by atoms with Crippen LogP contribution in [-0.2, 0) is 6.42 Å². The van der Waals surface area contributed by atoms with Crippen LogP contribution in [0, 0.1) is 20.8 Å². The predicted molar refractivity (Wildman–Crippen MR) is 113 cm³/mol. The van der Waals surface area contributed by atoms with Gasteiger partial charge in [0.1, 0.15) is 0 Å². The molecule has 0 aliphatic carbocycles. The van der Waals surface area contributed by atoms with Gasteiger partial charge >= 0.3 is 0 Å². The number of hydrogen-bond acceptors (Lipinski definition) is 2. The van der Waals surface area contributed by atoms with Crippen molar-refractivity contribution < 1.29 is 10.2 Å². The van der Waals surface area contributed by atoms with E-state index in [0.717, 1.165) is 47.9 Å². The molecular formula is C24H36O2. The molecule has 2 N–H and O–H groups in total. The summed E-state index contributed by atoms with van der Waals surface area (Å²) in [7, 11) is 0.